The Labute approximate surface area is 100 Å². The lowest BCUT2D eigenvalue weighted by Gasteiger charge is -2.16. The van der Waals surface area contributed by atoms with E-state index in [1.165, 1.54) is 0 Å². The van der Waals surface area contributed by atoms with E-state index in [9.17, 15) is 0 Å². The summed E-state index contributed by atoms with van der Waals surface area (Å²) in [4.78, 5) is 4.35. The highest BCUT2D eigenvalue weighted by Crippen LogP contribution is 2.20. The van der Waals surface area contributed by atoms with Crippen LogP contribution >= 0.6 is 0 Å². The number of aryl methyl sites for hydroxylation is 1. The monoisotopic (exact) mass is 235 g/mol. The van der Waals surface area contributed by atoms with Crippen LogP contribution in [0.2, 0.25) is 0 Å². The minimum absolute atomic E-state index is 0.0415. The van der Waals surface area contributed by atoms with Crippen molar-refractivity contribution in [2.45, 2.75) is 6.04 Å². The Kier molecular flexibility index (Phi) is 3.95. The van der Waals surface area contributed by atoms with Crippen molar-refractivity contribution in [1.82, 2.24) is 14.9 Å². The molecule has 17 heavy (non-hydrogen) atoms. The zero-order valence-electron chi connectivity index (χ0n) is 10.1. The topological polar surface area (TPSA) is 52.2 Å². The number of aromatic nitrogens is 2. The van der Waals surface area contributed by atoms with Crippen LogP contribution in [0.4, 0.5) is 0 Å². The molecule has 1 unspecified atom stereocenters. The third-order valence-electron chi connectivity index (χ3n) is 2.60. The number of hydrogen-bond donors (Lipinski definition) is 1. The van der Waals surface area contributed by atoms with Gasteiger partial charge in [0.15, 0.2) is 0 Å². The van der Waals surface area contributed by atoms with Crippen molar-refractivity contribution in [3.63, 3.8) is 0 Å². The molecule has 1 atom stereocenters. The summed E-state index contributed by atoms with van der Waals surface area (Å²) in [5.41, 5.74) is 0. The summed E-state index contributed by atoms with van der Waals surface area (Å²) in [5, 5.41) is 3.36. The largest absolute Gasteiger partial charge is 0.467 e. The van der Waals surface area contributed by atoms with Crippen LogP contribution in [0.15, 0.2) is 35.2 Å². The molecule has 0 amide bonds. The molecule has 0 aliphatic rings. The first-order valence-electron chi connectivity index (χ1n) is 5.56. The van der Waals surface area contributed by atoms with Gasteiger partial charge in [0.2, 0.25) is 0 Å². The number of imidazole rings is 1. The molecule has 5 heteroatoms. The fourth-order valence-electron chi connectivity index (χ4n) is 1.74. The third-order valence-corrected chi connectivity index (χ3v) is 2.60. The van der Waals surface area contributed by atoms with Crippen LogP contribution < -0.4 is 5.32 Å². The molecular weight excluding hydrogens is 218 g/mol. The van der Waals surface area contributed by atoms with E-state index >= 15 is 0 Å². The first-order valence-corrected chi connectivity index (χ1v) is 5.56. The third kappa shape index (κ3) is 2.75. The maximum atomic E-state index is 5.45. The van der Waals surface area contributed by atoms with E-state index in [4.69, 9.17) is 9.15 Å². The smallest absolute Gasteiger partial charge is 0.133 e. The van der Waals surface area contributed by atoms with Crippen LogP contribution in [0.3, 0.4) is 0 Å². The van der Waals surface area contributed by atoms with E-state index in [-0.39, 0.29) is 6.04 Å². The average Bonchev–Trinajstić information content (AvgIpc) is 2.96. The normalized spacial score (nSPS) is 12.8. The van der Waals surface area contributed by atoms with Gasteiger partial charge in [-0.15, -0.1) is 0 Å². The predicted octanol–water partition coefficient (Wildman–Crippen LogP) is 1.34. The van der Waals surface area contributed by atoms with E-state index in [1.54, 1.807) is 19.6 Å². The maximum absolute atomic E-state index is 5.45. The van der Waals surface area contributed by atoms with Crippen LogP contribution in [-0.2, 0) is 11.8 Å². The van der Waals surface area contributed by atoms with Gasteiger partial charge in [0.05, 0.1) is 12.9 Å². The SMILES string of the molecule is COCCNC(c1ccco1)c1nccn1C. The van der Waals surface area contributed by atoms with Gasteiger partial charge in [-0.3, -0.25) is 5.32 Å². The van der Waals surface area contributed by atoms with Crippen molar-refractivity contribution >= 4 is 0 Å². The van der Waals surface area contributed by atoms with E-state index in [2.05, 4.69) is 10.3 Å². The number of rotatable bonds is 6. The zero-order valence-corrected chi connectivity index (χ0v) is 10.1. The van der Waals surface area contributed by atoms with E-state index in [1.807, 2.05) is 29.9 Å². The van der Waals surface area contributed by atoms with Gasteiger partial charge in [-0.2, -0.15) is 0 Å². The van der Waals surface area contributed by atoms with Crippen LogP contribution in [0.25, 0.3) is 0 Å². The Bertz CT molecular complexity index is 436. The fraction of sp³-hybridized carbons (Fsp3) is 0.417. The van der Waals surface area contributed by atoms with Gasteiger partial charge < -0.3 is 13.7 Å². The summed E-state index contributed by atoms with van der Waals surface area (Å²) in [6.07, 6.45) is 5.37. The van der Waals surface area contributed by atoms with E-state index < -0.39 is 0 Å². The second-order valence-electron chi connectivity index (χ2n) is 3.79. The van der Waals surface area contributed by atoms with Crippen LogP contribution in [-0.4, -0.2) is 29.8 Å². The lowest BCUT2D eigenvalue weighted by Crippen LogP contribution is -2.27. The summed E-state index contributed by atoms with van der Waals surface area (Å²) in [7, 11) is 3.65. The molecule has 0 radical (unpaired) electrons. The summed E-state index contributed by atoms with van der Waals surface area (Å²) in [5.74, 6) is 1.78. The molecule has 2 rings (SSSR count). The van der Waals surface area contributed by atoms with Crippen molar-refractivity contribution in [1.29, 1.82) is 0 Å². The second-order valence-corrected chi connectivity index (χ2v) is 3.79. The van der Waals surface area contributed by atoms with Gasteiger partial charge in [-0.05, 0) is 12.1 Å². The molecule has 0 saturated heterocycles. The molecule has 92 valence electrons. The molecule has 0 aliphatic carbocycles. The Hall–Kier alpha value is -1.59. The molecule has 0 saturated carbocycles. The van der Waals surface area contributed by atoms with Crippen molar-refractivity contribution < 1.29 is 9.15 Å². The van der Waals surface area contributed by atoms with Crippen LogP contribution in [0.5, 0.6) is 0 Å². The van der Waals surface area contributed by atoms with Crippen molar-refractivity contribution in [2.75, 3.05) is 20.3 Å². The van der Waals surface area contributed by atoms with Crippen LogP contribution in [0.1, 0.15) is 17.6 Å². The average molecular weight is 235 g/mol. The molecule has 0 spiro atoms. The lowest BCUT2D eigenvalue weighted by molar-refractivity contribution is 0.195. The van der Waals surface area contributed by atoms with Crippen molar-refractivity contribution in [3.8, 4) is 0 Å². The molecule has 0 aliphatic heterocycles. The van der Waals surface area contributed by atoms with Gasteiger partial charge in [0.1, 0.15) is 17.6 Å². The maximum Gasteiger partial charge on any atom is 0.133 e. The number of nitrogens with zero attached hydrogens (tertiary/aromatic N) is 2. The highest BCUT2D eigenvalue weighted by Gasteiger charge is 2.19. The molecule has 0 fully saturated rings. The summed E-state index contributed by atoms with van der Waals surface area (Å²) in [6.45, 7) is 1.40. The Morgan fingerprint density at radius 1 is 1.59 bits per heavy atom. The first kappa shape index (κ1) is 11.9. The summed E-state index contributed by atoms with van der Waals surface area (Å²) in [6, 6.07) is 3.78. The number of ether oxygens (including phenoxy) is 1. The Balaban J connectivity index is 2.16. The second kappa shape index (κ2) is 5.65. The lowest BCUT2D eigenvalue weighted by atomic mass is 10.2. The molecule has 2 heterocycles. The standard InChI is InChI=1S/C12H17N3O2/c1-15-7-5-14-12(15)11(13-6-9-16-2)10-4-3-8-17-10/h3-5,7-8,11,13H,6,9H2,1-2H3. The molecule has 0 aromatic carbocycles. The summed E-state index contributed by atoms with van der Waals surface area (Å²) < 4.78 is 12.5. The fourth-order valence-corrected chi connectivity index (χ4v) is 1.74. The van der Waals surface area contributed by atoms with Gasteiger partial charge in [-0.1, -0.05) is 0 Å². The first-order chi connectivity index (χ1) is 8.33. The summed E-state index contributed by atoms with van der Waals surface area (Å²) >= 11 is 0. The van der Waals surface area contributed by atoms with Crippen molar-refractivity contribution in [3.05, 3.63) is 42.4 Å². The highest BCUT2D eigenvalue weighted by atomic mass is 16.5. The predicted molar refractivity (Wildman–Crippen MR) is 63.6 cm³/mol. The minimum atomic E-state index is -0.0415. The zero-order chi connectivity index (χ0) is 12.1. The molecular formula is C12H17N3O2. The van der Waals surface area contributed by atoms with E-state index in [0.717, 1.165) is 18.1 Å². The van der Waals surface area contributed by atoms with Gasteiger partial charge in [-0.25, -0.2) is 4.98 Å². The number of furan rings is 1. The molecule has 5 nitrogen and oxygen atoms in total. The van der Waals surface area contributed by atoms with Crippen LogP contribution in [0, 0.1) is 0 Å². The Morgan fingerprint density at radius 3 is 3.06 bits per heavy atom. The highest BCUT2D eigenvalue weighted by molar-refractivity contribution is 5.15. The number of methoxy groups -OCH3 is 1. The quantitative estimate of drug-likeness (QED) is 0.768. The number of hydrogen-bond acceptors (Lipinski definition) is 4. The molecule has 1 N–H and O–H groups in total. The number of nitrogens with one attached hydrogen (secondary N) is 1. The van der Waals surface area contributed by atoms with Gasteiger partial charge >= 0.3 is 0 Å². The molecule has 2 aromatic rings. The van der Waals surface area contributed by atoms with Gasteiger partial charge in [0, 0.05) is 33.1 Å². The molecule has 0 bridgehead atoms. The van der Waals surface area contributed by atoms with E-state index in [0.29, 0.717) is 6.61 Å². The minimum Gasteiger partial charge on any atom is -0.467 e. The van der Waals surface area contributed by atoms with Gasteiger partial charge in [0.25, 0.3) is 0 Å². The Morgan fingerprint density at radius 2 is 2.47 bits per heavy atom. The molecule has 2 aromatic heterocycles. The van der Waals surface area contributed by atoms with Crippen molar-refractivity contribution in [2.24, 2.45) is 7.05 Å².